The summed E-state index contributed by atoms with van der Waals surface area (Å²) >= 11 is 0. The van der Waals surface area contributed by atoms with Gasteiger partial charge in [0.15, 0.2) is 0 Å². The molecule has 9 nitrogen and oxygen atoms in total. The highest BCUT2D eigenvalue weighted by Crippen LogP contribution is 2.39. The van der Waals surface area contributed by atoms with Gasteiger partial charge in [0, 0.05) is 43.0 Å². The molecule has 0 unspecified atom stereocenters. The van der Waals surface area contributed by atoms with Crippen molar-refractivity contribution in [2.24, 2.45) is 0 Å². The van der Waals surface area contributed by atoms with E-state index in [2.05, 4.69) is 32.8 Å². The van der Waals surface area contributed by atoms with E-state index in [0.717, 1.165) is 50.4 Å². The molecule has 0 saturated carbocycles. The number of benzene rings is 3. The Hall–Kier alpha value is -4.47. The standard InChI is InChI=1S/C33H37N5O4/c1-22-20-27-28(21-26(22)33(41)42-3)36-32(40)29(27)30(23-8-5-4-6-9-23)35-25-12-10-24(11-13-25)31(39)34-14-17-38-16-7-15-37(2)18-19-38/h4-6,8-13,20-21,35H,7,14-19H2,1-3H3,(H,34,39)(H,36,40)/b30-29-. The van der Waals surface area contributed by atoms with Crippen molar-refractivity contribution in [3.63, 3.8) is 0 Å². The number of carbonyl (C=O) groups excluding carboxylic acids is 3. The average Bonchev–Trinajstić information content (AvgIpc) is 3.16. The molecule has 0 atom stereocenters. The SMILES string of the molecule is COC(=O)c1cc2c(cc1C)/C(=C(/Nc1ccc(C(=O)NCCN3CCCN(C)CC3)cc1)c1ccccc1)C(=O)N2. The highest BCUT2D eigenvalue weighted by molar-refractivity contribution is 6.37. The molecule has 2 aliphatic rings. The molecular formula is C33H37N5O4. The van der Waals surface area contributed by atoms with Crippen LogP contribution in [0.1, 0.15) is 43.8 Å². The molecule has 1 saturated heterocycles. The first-order chi connectivity index (χ1) is 20.3. The second-order valence-electron chi connectivity index (χ2n) is 10.7. The number of anilines is 2. The molecule has 0 bridgehead atoms. The summed E-state index contributed by atoms with van der Waals surface area (Å²) in [5, 5.41) is 9.36. The second-order valence-corrected chi connectivity index (χ2v) is 10.7. The Morgan fingerprint density at radius 1 is 0.952 bits per heavy atom. The lowest BCUT2D eigenvalue weighted by Crippen LogP contribution is -2.36. The number of hydrogen-bond acceptors (Lipinski definition) is 7. The lowest BCUT2D eigenvalue weighted by atomic mass is 9.96. The second kappa shape index (κ2) is 13.0. The molecule has 2 heterocycles. The number of amides is 2. The predicted molar refractivity (Wildman–Crippen MR) is 165 cm³/mol. The number of methoxy groups -OCH3 is 1. The number of likely N-dealkylation sites (N-methyl/N-ethyl adjacent to an activating group) is 1. The molecule has 0 spiro atoms. The largest absolute Gasteiger partial charge is 0.465 e. The smallest absolute Gasteiger partial charge is 0.338 e. The molecule has 3 aromatic carbocycles. The predicted octanol–water partition coefficient (Wildman–Crippen LogP) is 4.08. The van der Waals surface area contributed by atoms with Crippen molar-refractivity contribution in [1.29, 1.82) is 0 Å². The first-order valence-electron chi connectivity index (χ1n) is 14.2. The molecule has 2 aliphatic heterocycles. The van der Waals surface area contributed by atoms with Gasteiger partial charge < -0.3 is 30.5 Å². The highest BCUT2D eigenvalue weighted by atomic mass is 16.5. The van der Waals surface area contributed by atoms with Gasteiger partial charge in [0.05, 0.1) is 29.6 Å². The topological polar surface area (TPSA) is 103 Å². The summed E-state index contributed by atoms with van der Waals surface area (Å²) in [6.45, 7) is 7.47. The van der Waals surface area contributed by atoms with Crippen molar-refractivity contribution in [3.05, 3.63) is 94.5 Å². The summed E-state index contributed by atoms with van der Waals surface area (Å²) in [4.78, 5) is 43.1. The minimum atomic E-state index is -0.456. The Bertz CT molecular complexity index is 1500. The lowest BCUT2D eigenvalue weighted by molar-refractivity contribution is -0.110. The molecule has 218 valence electrons. The van der Waals surface area contributed by atoms with E-state index in [9.17, 15) is 14.4 Å². The van der Waals surface area contributed by atoms with Crippen molar-refractivity contribution < 1.29 is 19.1 Å². The van der Waals surface area contributed by atoms with Crippen molar-refractivity contribution >= 4 is 40.4 Å². The fourth-order valence-electron chi connectivity index (χ4n) is 5.39. The molecule has 0 aromatic heterocycles. The summed E-state index contributed by atoms with van der Waals surface area (Å²) in [6.07, 6.45) is 1.14. The summed E-state index contributed by atoms with van der Waals surface area (Å²) in [5.74, 6) is -0.844. The third-order valence-corrected chi connectivity index (χ3v) is 7.77. The number of esters is 1. The molecule has 42 heavy (non-hydrogen) atoms. The van der Waals surface area contributed by atoms with Crippen LogP contribution < -0.4 is 16.0 Å². The van der Waals surface area contributed by atoms with Crippen LogP contribution in [0.15, 0.2) is 66.7 Å². The Kier molecular flexibility index (Phi) is 9.00. The highest BCUT2D eigenvalue weighted by Gasteiger charge is 2.30. The Morgan fingerprint density at radius 2 is 1.71 bits per heavy atom. The normalized spacial score (nSPS) is 16.7. The van der Waals surface area contributed by atoms with Gasteiger partial charge in [-0.05, 0) is 81.0 Å². The first kappa shape index (κ1) is 29.0. The fraction of sp³-hybridized carbons (Fsp3) is 0.303. The van der Waals surface area contributed by atoms with Gasteiger partial charge in [-0.15, -0.1) is 0 Å². The van der Waals surface area contributed by atoms with Crippen molar-refractivity contribution in [2.75, 3.05) is 64.1 Å². The van der Waals surface area contributed by atoms with Crippen LogP contribution in [0.2, 0.25) is 0 Å². The molecule has 3 N–H and O–H groups in total. The van der Waals surface area contributed by atoms with E-state index in [1.807, 2.05) is 55.5 Å². The molecular weight excluding hydrogens is 530 g/mol. The minimum absolute atomic E-state index is 0.115. The van der Waals surface area contributed by atoms with Crippen LogP contribution in [0.3, 0.4) is 0 Å². The number of ether oxygens (including phenoxy) is 1. The van der Waals surface area contributed by atoms with Crippen LogP contribution in [0.5, 0.6) is 0 Å². The summed E-state index contributed by atoms with van der Waals surface area (Å²) in [6, 6.07) is 20.3. The summed E-state index contributed by atoms with van der Waals surface area (Å²) < 4.78 is 4.90. The van der Waals surface area contributed by atoms with Gasteiger partial charge in [0.2, 0.25) is 0 Å². The van der Waals surface area contributed by atoms with Crippen LogP contribution in [0, 0.1) is 6.92 Å². The van der Waals surface area contributed by atoms with E-state index >= 15 is 0 Å². The number of nitrogens with one attached hydrogen (secondary N) is 3. The number of aryl methyl sites for hydroxylation is 1. The number of nitrogens with zero attached hydrogens (tertiary/aromatic N) is 2. The monoisotopic (exact) mass is 567 g/mol. The van der Waals surface area contributed by atoms with Gasteiger partial charge in [0.25, 0.3) is 11.8 Å². The number of carbonyl (C=O) groups is 3. The van der Waals surface area contributed by atoms with Gasteiger partial charge in [0.1, 0.15) is 0 Å². The van der Waals surface area contributed by atoms with Crippen molar-refractivity contribution in [1.82, 2.24) is 15.1 Å². The quantitative estimate of drug-likeness (QED) is 0.278. The van der Waals surface area contributed by atoms with Gasteiger partial charge >= 0.3 is 5.97 Å². The maximum Gasteiger partial charge on any atom is 0.338 e. The lowest BCUT2D eigenvalue weighted by Gasteiger charge is -2.20. The maximum absolute atomic E-state index is 13.3. The molecule has 5 rings (SSSR count). The fourth-order valence-corrected chi connectivity index (χ4v) is 5.39. The Labute approximate surface area is 246 Å². The van der Waals surface area contributed by atoms with Gasteiger partial charge in [-0.3, -0.25) is 9.59 Å². The molecule has 9 heteroatoms. The number of fused-ring (bicyclic) bond motifs is 1. The van der Waals surface area contributed by atoms with Crippen LogP contribution >= 0.6 is 0 Å². The zero-order chi connectivity index (χ0) is 29.6. The van der Waals surface area contributed by atoms with E-state index in [1.165, 1.54) is 7.11 Å². The van der Waals surface area contributed by atoms with Crippen LogP contribution in [0.25, 0.3) is 11.3 Å². The molecule has 0 aliphatic carbocycles. The molecule has 1 fully saturated rings. The third-order valence-electron chi connectivity index (χ3n) is 7.77. The van der Waals surface area contributed by atoms with Gasteiger partial charge in [-0.1, -0.05) is 30.3 Å². The van der Waals surface area contributed by atoms with Crippen molar-refractivity contribution in [3.8, 4) is 0 Å². The van der Waals surface area contributed by atoms with Gasteiger partial charge in [-0.25, -0.2) is 4.79 Å². The molecule has 2 amide bonds. The van der Waals surface area contributed by atoms with Crippen molar-refractivity contribution in [2.45, 2.75) is 13.3 Å². The first-order valence-corrected chi connectivity index (χ1v) is 14.2. The van der Waals surface area contributed by atoms with Crippen LogP contribution in [0.4, 0.5) is 11.4 Å². The maximum atomic E-state index is 13.3. The van der Waals surface area contributed by atoms with Crippen LogP contribution in [-0.4, -0.2) is 81.0 Å². The average molecular weight is 568 g/mol. The van der Waals surface area contributed by atoms with E-state index in [-0.39, 0.29) is 11.8 Å². The minimum Gasteiger partial charge on any atom is -0.465 e. The summed E-state index contributed by atoms with van der Waals surface area (Å²) in [7, 11) is 3.48. The van der Waals surface area contributed by atoms with Gasteiger partial charge in [-0.2, -0.15) is 0 Å². The number of rotatable bonds is 8. The molecule has 3 aromatic rings. The Balaban J connectivity index is 1.35. The van der Waals surface area contributed by atoms with E-state index in [1.54, 1.807) is 18.2 Å². The zero-order valence-electron chi connectivity index (χ0n) is 24.3. The van der Waals surface area contributed by atoms with E-state index < -0.39 is 5.97 Å². The van der Waals surface area contributed by atoms with Crippen LogP contribution in [-0.2, 0) is 9.53 Å². The molecule has 0 radical (unpaired) electrons. The Morgan fingerprint density at radius 3 is 2.45 bits per heavy atom. The number of hydrogen-bond donors (Lipinski definition) is 3. The zero-order valence-corrected chi connectivity index (χ0v) is 24.3. The van der Waals surface area contributed by atoms with E-state index in [0.29, 0.717) is 45.8 Å². The van der Waals surface area contributed by atoms with E-state index in [4.69, 9.17) is 4.74 Å². The summed E-state index contributed by atoms with van der Waals surface area (Å²) in [5.41, 5.74) is 5.58. The third kappa shape index (κ3) is 6.53.